The van der Waals surface area contributed by atoms with Crippen molar-refractivity contribution in [1.29, 1.82) is 0 Å². The summed E-state index contributed by atoms with van der Waals surface area (Å²) < 4.78 is 0. The highest BCUT2D eigenvalue weighted by Gasteiger charge is 2.21. The molecule has 2 atom stereocenters. The normalized spacial score (nSPS) is 23.6. The van der Waals surface area contributed by atoms with Gasteiger partial charge in [-0.15, -0.1) is 0 Å². The fourth-order valence-electron chi connectivity index (χ4n) is 2.30. The molecule has 1 aromatic carbocycles. The second kappa shape index (κ2) is 5.87. The Bertz CT molecular complexity index is 403. The molecule has 2 rings (SSSR count). The molecule has 0 bridgehead atoms. The van der Waals surface area contributed by atoms with Crippen LogP contribution in [0.5, 0.6) is 5.75 Å². The van der Waals surface area contributed by atoms with Crippen molar-refractivity contribution in [2.45, 2.75) is 25.8 Å². The number of carbonyl (C=O) groups excluding carboxylic acids is 1. The van der Waals surface area contributed by atoms with E-state index in [0.29, 0.717) is 24.1 Å². The number of phenols is 1. The lowest BCUT2D eigenvalue weighted by atomic mass is 9.93. The van der Waals surface area contributed by atoms with Gasteiger partial charge in [0.15, 0.2) is 0 Å². The number of piperidine rings is 1. The molecule has 1 aliphatic rings. The van der Waals surface area contributed by atoms with E-state index in [-0.39, 0.29) is 11.7 Å². The molecule has 1 fully saturated rings. The van der Waals surface area contributed by atoms with E-state index in [0.717, 1.165) is 6.54 Å². The van der Waals surface area contributed by atoms with Crippen molar-refractivity contribution in [1.82, 2.24) is 10.6 Å². The molecule has 1 amide bonds. The average molecular weight is 248 g/mol. The van der Waals surface area contributed by atoms with Gasteiger partial charge in [0.1, 0.15) is 5.75 Å². The van der Waals surface area contributed by atoms with Crippen LogP contribution in [0.25, 0.3) is 0 Å². The van der Waals surface area contributed by atoms with Gasteiger partial charge in [0.05, 0.1) is 0 Å². The Morgan fingerprint density at radius 2 is 2.17 bits per heavy atom. The summed E-state index contributed by atoms with van der Waals surface area (Å²) in [6.45, 7) is 3.90. The minimum atomic E-state index is -0.0884. The summed E-state index contributed by atoms with van der Waals surface area (Å²) in [5, 5.41) is 15.5. The molecular weight excluding hydrogens is 228 g/mol. The molecule has 3 N–H and O–H groups in total. The van der Waals surface area contributed by atoms with Crippen LogP contribution in [-0.4, -0.2) is 30.1 Å². The number of rotatable bonds is 3. The molecule has 4 nitrogen and oxygen atoms in total. The lowest BCUT2D eigenvalue weighted by molar-refractivity contribution is 0.0943. The first-order chi connectivity index (χ1) is 8.66. The van der Waals surface area contributed by atoms with E-state index in [1.165, 1.54) is 25.0 Å². The van der Waals surface area contributed by atoms with Gasteiger partial charge < -0.3 is 15.7 Å². The van der Waals surface area contributed by atoms with E-state index < -0.39 is 0 Å². The highest BCUT2D eigenvalue weighted by molar-refractivity contribution is 5.94. The number of phenolic OH excluding ortho intramolecular Hbond substituents is 1. The summed E-state index contributed by atoms with van der Waals surface area (Å²) >= 11 is 0. The SMILES string of the molecule is CC1CCCNC1CNC(=O)c1ccc(O)cc1. The van der Waals surface area contributed by atoms with Crippen LogP contribution in [-0.2, 0) is 0 Å². The van der Waals surface area contributed by atoms with Crippen LogP contribution in [0.1, 0.15) is 30.1 Å². The third-order valence-electron chi connectivity index (χ3n) is 3.54. The maximum atomic E-state index is 11.9. The number of amides is 1. The Hall–Kier alpha value is -1.55. The van der Waals surface area contributed by atoms with Gasteiger partial charge in [-0.3, -0.25) is 4.79 Å². The average Bonchev–Trinajstić information content (AvgIpc) is 2.38. The molecule has 1 saturated heterocycles. The van der Waals surface area contributed by atoms with Crippen molar-refractivity contribution >= 4 is 5.91 Å². The predicted molar refractivity (Wildman–Crippen MR) is 70.6 cm³/mol. The zero-order chi connectivity index (χ0) is 13.0. The lowest BCUT2D eigenvalue weighted by Gasteiger charge is -2.30. The van der Waals surface area contributed by atoms with Crippen LogP contribution in [0.2, 0.25) is 0 Å². The summed E-state index contributed by atoms with van der Waals surface area (Å²) in [4.78, 5) is 11.9. The molecule has 0 radical (unpaired) electrons. The summed E-state index contributed by atoms with van der Waals surface area (Å²) in [5.41, 5.74) is 0.580. The van der Waals surface area contributed by atoms with Gasteiger partial charge in [0.2, 0.25) is 0 Å². The molecule has 98 valence electrons. The summed E-state index contributed by atoms with van der Waals surface area (Å²) in [6.07, 6.45) is 2.43. The van der Waals surface area contributed by atoms with Crippen LogP contribution in [0.15, 0.2) is 24.3 Å². The first kappa shape index (κ1) is 12.9. The third kappa shape index (κ3) is 3.23. The van der Waals surface area contributed by atoms with Crippen molar-refractivity contribution < 1.29 is 9.90 Å². The second-order valence-corrected chi connectivity index (χ2v) is 4.94. The molecule has 0 aliphatic carbocycles. The van der Waals surface area contributed by atoms with Crippen molar-refractivity contribution in [3.8, 4) is 5.75 Å². The minimum absolute atomic E-state index is 0.0884. The predicted octanol–water partition coefficient (Wildman–Crippen LogP) is 1.51. The number of hydrogen-bond donors (Lipinski definition) is 3. The van der Waals surface area contributed by atoms with Gasteiger partial charge in [0.25, 0.3) is 5.91 Å². The first-order valence-corrected chi connectivity index (χ1v) is 6.47. The van der Waals surface area contributed by atoms with Crippen molar-refractivity contribution in [2.75, 3.05) is 13.1 Å². The van der Waals surface area contributed by atoms with E-state index in [1.54, 1.807) is 12.1 Å². The Kier molecular flexibility index (Phi) is 4.20. The third-order valence-corrected chi connectivity index (χ3v) is 3.54. The highest BCUT2D eigenvalue weighted by Crippen LogP contribution is 2.15. The topological polar surface area (TPSA) is 61.4 Å². The van der Waals surface area contributed by atoms with Gasteiger partial charge in [0, 0.05) is 18.2 Å². The Morgan fingerprint density at radius 3 is 2.83 bits per heavy atom. The zero-order valence-corrected chi connectivity index (χ0v) is 10.6. The fraction of sp³-hybridized carbons (Fsp3) is 0.500. The number of hydrogen-bond acceptors (Lipinski definition) is 3. The largest absolute Gasteiger partial charge is 0.508 e. The molecule has 4 heteroatoms. The van der Waals surface area contributed by atoms with E-state index in [9.17, 15) is 4.79 Å². The van der Waals surface area contributed by atoms with E-state index in [1.807, 2.05) is 0 Å². The quantitative estimate of drug-likeness (QED) is 0.760. The highest BCUT2D eigenvalue weighted by atomic mass is 16.3. The van der Waals surface area contributed by atoms with Gasteiger partial charge in [-0.1, -0.05) is 6.92 Å². The molecule has 1 heterocycles. The molecule has 1 aliphatic heterocycles. The number of carbonyl (C=O) groups is 1. The van der Waals surface area contributed by atoms with Gasteiger partial charge in [-0.25, -0.2) is 0 Å². The Balaban J connectivity index is 1.86. The zero-order valence-electron chi connectivity index (χ0n) is 10.6. The molecule has 2 unspecified atom stereocenters. The van der Waals surface area contributed by atoms with Gasteiger partial charge in [-0.2, -0.15) is 0 Å². The van der Waals surface area contributed by atoms with Crippen LogP contribution in [0, 0.1) is 5.92 Å². The fourth-order valence-corrected chi connectivity index (χ4v) is 2.30. The number of nitrogens with one attached hydrogen (secondary N) is 2. The molecule has 0 aromatic heterocycles. The minimum Gasteiger partial charge on any atom is -0.508 e. The van der Waals surface area contributed by atoms with Crippen LogP contribution in [0.3, 0.4) is 0 Å². The Labute approximate surface area is 107 Å². The maximum absolute atomic E-state index is 11.9. The van der Waals surface area contributed by atoms with Gasteiger partial charge >= 0.3 is 0 Å². The molecule has 0 saturated carbocycles. The monoisotopic (exact) mass is 248 g/mol. The molecule has 18 heavy (non-hydrogen) atoms. The Morgan fingerprint density at radius 1 is 1.44 bits per heavy atom. The smallest absolute Gasteiger partial charge is 0.251 e. The van der Waals surface area contributed by atoms with E-state index in [2.05, 4.69) is 17.6 Å². The summed E-state index contributed by atoms with van der Waals surface area (Å²) in [7, 11) is 0. The van der Waals surface area contributed by atoms with Crippen molar-refractivity contribution in [3.63, 3.8) is 0 Å². The van der Waals surface area contributed by atoms with Gasteiger partial charge in [-0.05, 0) is 49.6 Å². The van der Waals surface area contributed by atoms with E-state index in [4.69, 9.17) is 5.11 Å². The lowest BCUT2D eigenvalue weighted by Crippen LogP contribution is -2.47. The standard InChI is InChI=1S/C14H20N2O2/c1-10-3-2-8-15-13(10)9-16-14(18)11-4-6-12(17)7-5-11/h4-7,10,13,15,17H,2-3,8-9H2,1H3,(H,16,18). The van der Waals surface area contributed by atoms with Crippen LogP contribution < -0.4 is 10.6 Å². The molecule has 0 spiro atoms. The van der Waals surface area contributed by atoms with Crippen LogP contribution in [0.4, 0.5) is 0 Å². The molecule has 1 aromatic rings. The van der Waals surface area contributed by atoms with E-state index >= 15 is 0 Å². The van der Waals surface area contributed by atoms with Crippen LogP contribution >= 0.6 is 0 Å². The summed E-state index contributed by atoms with van der Waals surface area (Å²) in [6, 6.07) is 6.66. The van der Waals surface area contributed by atoms with Crippen molar-refractivity contribution in [3.05, 3.63) is 29.8 Å². The number of benzene rings is 1. The first-order valence-electron chi connectivity index (χ1n) is 6.47. The second-order valence-electron chi connectivity index (χ2n) is 4.94. The maximum Gasteiger partial charge on any atom is 0.251 e. The number of aromatic hydroxyl groups is 1. The summed E-state index contributed by atoms with van der Waals surface area (Å²) in [5.74, 6) is 0.683. The van der Waals surface area contributed by atoms with Crippen molar-refractivity contribution in [2.24, 2.45) is 5.92 Å². The molecular formula is C14H20N2O2.